The normalized spacial score (nSPS) is 17.8. The maximum Gasteiger partial charge on any atom is 0.264 e. The third-order valence-electron chi connectivity index (χ3n) is 5.76. The Hall–Kier alpha value is -3.24. The molecular weight excluding hydrogens is 386 g/mol. The van der Waals surface area contributed by atoms with Gasteiger partial charge in [-0.3, -0.25) is 9.59 Å². The molecule has 3 aromatic carbocycles. The van der Waals surface area contributed by atoms with Crippen LogP contribution in [0, 0.1) is 5.92 Å². The number of fused-ring (bicyclic) bond motifs is 1. The Bertz CT molecular complexity index is 1090. The number of aliphatic hydroxyl groups is 1. The van der Waals surface area contributed by atoms with Gasteiger partial charge in [0.2, 0.25) is 0 Å². The van der Waals surface area contributed by atoms with E-state index in [1.807, 2.05) is 54.6 Å². The van der Waals surface area contributed by atoms with Crippen molar-refractivity contribution >= 4 is 17.4 Å². The number of nitrogens with zero attached hydrogens (tertiary/aromatic N) is 1. The van der Waals surface area contributed by atoms with Crippen LogP contribution in [0.25, 0.3) is 0 Å². The van der Waals surface area contributed by atoms with Crippen molar-refractivity contribution in [3.05, 3.63) is 101 Å². The molecule has 1 aliphatic rings. The second-order valence-corrected chi connectivity index (χ2v) is 8.65. The first-order valence-electron chi connectivity index (χ1n) is 10.7. The number of hydrogen-bond acceptors (Lipinski definition) is 3. The lowest BCUT2D eigenvalue weighted by Crippen LogP contribution is -2.41. The smallest absolute Gasteiger partial charge is 0.264 e. The Labute approximate surface area is 183 Å². The van der Waals surface area contributed by atoms with E-state index >= 15 is 0 Å². The van der Waals surface area contributed by atoms with Crippen LogP contribution in [0.1, 0.15) is 47.3 Å². The topological polar surface area (TPSA) is 57.6 Å². The van der Waals surface area contributed by atoms with Gasteiger partial charge in [-0.1, -0.05) is 86.6 Å². The third-order valence-corrected chi connectivity index (χ3v) is 5.76. The van der Waals surface area contributed by atoms with Gasteiger partial charge in [0.05, 0.1) is 18.7 Å². The number of ketones is 1. The van der Waals surface area contributed by atoms with Crippen molar-refractivity contribution in [2.75, 3.05) is 4.90 Å². The molecule has 3 aromatic rings. The summed E-state index contributed by atoms with van der Waals surface area (Å²) in [5, 5.41) is 11.5. The molecule has 31 heavy (non-hydrogen) atoms. The number of carbonyl (C=O) groups is 2. The summed E-state index contributed by atoms with van der Waals surface area (Å²) in [5.74, 6) is -0.170. The molecule has 0 aliphatic carbocycles. The van der Waals surface area contributed by atoms with E-state index in [4.69, 9.17) is 0 Å². The molecule has 1 atom stereocenters. The quantitative estimate of drug-likeness (QED) is 0.561. The van der Waals surface area contributed by atoms with Crippen molar-refractivity contribution in [2.45, 2.75) is 38.8 Å². The summed E-state index contributed by atoms with van der Waals surface area (Å²) in [6, 6.07) is 24.3. The highest BCUT2D eigenvalue weighted by Gasteiger charge is 2.50. The second kappa shape index (κ2) is 8.48. The number of benzene rings is 3. The predicted octanol–water partition coefficient (Wildman–Crippen LogP) is 4.89. The third kappa shape index (κ3) is 4.17. The highest BCUT2D eigenvalue weighted by molar-refractivity contribution is 6.10. The number of rotatable bonds is 7. The molecule has 0 bridgehead atoms. The van der Waals surface area contributed by atoms with Crippen molar-refractivity contribution in [1.29, 1.82) is 0 Å². The average molecular weight is 414 g/mol. The lowest BCUT2D eigenvalue weighted by Gasteiger charge is -2.23. The first kappa shape index (κ1) is 21.0. The van der Waals surface area contributed by atoms with Crippen LogP contribution >= 0.6 is 0 Å². The van der Waals surface area contributed by atoms with Gasteiger partial charge in [0.25, 0.3) is 5.91 Å². The molecule has 4 rings (SSSR count). The summed E-state index contributed by atoms with van der Waals surface area (Å²) < 4.78 is 0. The van der Waals surface area contributed by atoms with Gasteiger partial charge in [-0.2, -0.15) is 0 Å². The molecule has 0 saturated heterocycles. The van der Waals surface area contributed by atoms with Crippen LogP contribution in [0.15, 0.2) is 78.9 Å². The number of amides is 1. The van der Waals surface area contributed by atoms with E-state index in [2.05, 4.69) is 13.8 Å². The lowest BCUT2D eigenvalue weighted by atomic mass is 9.88. The van der Waals surface area contributed by atoms with Crippen molar-refractivity contribution in [1.82, 2.24) is 0 Å². The van der Waals surface area contributed by atoms with Crippen LogP contribution in [-0.2, 0) is 23.4 Å². The Morgan fingerprint density at radius 1 is 0.903 bits per heavy atom. The Morgan fingerprint density at radius 3 is 2.23 bits per heavy atom. The van der Waals surface area contributed by atoms with Gasteiger partial charge in [0.1, 0.15) is 0 Å². The van der Waals surface area contributed by atoms with Gasteiger partial charge < -0.3 is 10.0 Å². The van der Waals surface area contributed by atoms with E-state index in [0.29, 0.717) is 29.3 Å². The molecule has 1 N–H and O–H groups in total. The molecule has 1 unspecified atom stereocenters. The Morgan fingerprint density at radius 2 is 1.55 bits per heavy atom. The van der Waals surface area contributed by atoms with Gasteiger partial charge in [-0.05, 0) is 29.5 Å². The fraction of sp³-hybridized carbons (Fsp3) is 0.259. The minimum absolute atomic E-state index is 0.247. The van der Waals surface area contributed by atoms with Gasteiger partial charge >= 0.3 is 0 Å². The van der Waals surface area contributed by atoms with Crippen LogP contribution < -0.4 is 4.90 Å². The van der Waals surface area contributed by atoms with Crippen LogP contribution in [-0.4, -0.2) is 16.8 Å². The van der Waals surface area contributed by atoms with E-state index in [0.717, 1.165) is 12.0 Å². The molecule has 0 fully saturated rings. The van der Waals surface area contributed by atoms with E-state index in [-0.39, 0.29) is 12.2 Å². The molecule has 0 radical (unpaired) electrons. The molecule has 0 spiro atoms. The number of carbonyl (C=O) groups excluding carboxylic acids is 2. The van der Waals surface area contributed by atoms with E-state index < -0.39 is 11.5 Å². The van der Waals surface area contributed by atoms with Crippen molar-refractivity contribution in [2.24, 2.45) is 5.92 Å². The van der Waals surface area contributed by atoms with Gasteiger partial charge in [0, 0.05) is 11.1 Å². The summed E-state index contributed by atoms with van der Waals surface area (Å²) >= 11 is 0. The van der Waals surface area contributed by atoms with E-state index in [9.17, 15) is 14.7 Å². The zero-order valence-electron chi connectivity index (χ0n) is 17.9. The van der Waals surface area contributed by atoms with E-state index in [1.54, 1.807) is 29.2 Å². The number of Topliss-reactive ketones (excluding diaryl/α,β-unsaturated/α-hetero) is 1. The summed E-state index contributed by atoms with van der Waals surface area (Å²) in [4.78, 5) is 28.0. The molecule has 1 heterocycles. The fourth-order valence-electron chi connectivity index (χ4n) is 4.23. The number of anilines is 1. The van der Waals surface area contributed by atoms with Crippen LogP contribution in [0.2, 0.25) is 0 Å². The van der Waals surface area contributed by atoms with Crippen LogP contribution in [0.5, 0.6) is 0 Å². The molecule has 4 nitrogen and oxygen atoms in total. The molecule has 4 heteroatoms. The monoisotopic (exact) mass is 413 g/mol. The largest absolute Gasteiger partial charge is 0.375 e. The van der Waals surface area contributed by atoms with Gasteiger partial charge in [0.15, 0.2) is 11.4 Å². The number of para-hydroxylation sites is 1. The van der Waals surface area contributed by atoms with Gasteiger partial charge in [-0.25, -0.2) is 0 Å². The minimum atomic E-state index is -1.86. The van der Waals surface area contributed by atoms with Crippen molar-refractivity contribution in [3.63, 3.8) is 0 Å². The Balaban J connectivity index is 1.60. The first-order chi connectivity index (χ1) is 14.9. The fourth-order valence-corrected chi connectivity index (χ4v) is 4.23. The molecule has 1 amide bonds. The van der Waals surface area contributed by atoms with E-state index in [1.165, 1.54) is 5.56 Å². The maximum absolute atomic E-state index is 13.4. The lowest BCUT2D eigenvalue weighted by molar-refractivity contribution is -0.136. The standard InChI is InChI=1S/C27H27NO3/c1-19(2)16-20-12-14-22(15-13-20)25(29)17-27(31)23-10-6-7-11-24(23)28(26(27)30)18-21-8-4-3-5-9-21/h3-15,19,31H,16-18H2,1-2H3. The molecule has 0 aromatic heterocycles. The SMILES string of the molecule is CC(C)Cc1ccc(C(=O)CC2(O)C(=O)N(Cc3ccccc3)c3ccccc32)cc1. The number of hydrogen-bond donors (Lipinski definition) is 1. The zero-order chi connectivity index (χ0) is 22.0. The second-order valence-electron chi connectivity index (χ2n) is 8.65. The first-order valence-corrected chi connectivity index (χ1v) is 10.7. The predicted molar refractivity (Wildman–Crippen MR) is 122 cm³/mol. The molecular formula is C27H27NO3. The van der Waals surface area contributed by atoms with Gasteiger partial charge in [-0.15, -0.1) is 0 Å². The average Bonchev–Trinajstić information content (AvgIpc) is 2.96. The summed E-state index contributed by atoms with van der Waals surface area (Å²) in [6.45, 7) is 4.65. The molecule has 0 saturated carbocycles. The van der Waals surface area contributed by atoms with Crippen LogP contribution in [0.3, 0.4) is 0 Å². The van der Waals surface area contributed by atoms with Crippen molar-refractivity contribution < 1.29 is 14.7 Å². The maximum atomic E-state index is 13.4. The van der Waals surface area contributed by atoms with Crippen LogP contribution in [0.4, 0.5) is 5.69 Å². The van der Waals surface area contributed by atoms with Crippen molar-refractivity contribution in [3.8, 4) is 0 Å². The summed E-state index contributed by atoms with van der Waals surface area (Å²) in [7, 11) is 0. The Kier molecular flexibility index (Phi) is 5.75. The highest BCUT2D eigenvalue weighted by atomic mass is 16.3. The zero-order valence-corrected chi connectivity index (χ0v) is 17.9. The molecule has 158 valence electrons. The molecule has 1 aliphatic heterocycles. The summed E-state index contributed by atoms with van der Waals surface area (Å²) in [5.41, 5.74) is 1.91. The minimum Gasteiger partial charge on any atom is -0.375 e. The summed E-state index contributed by atoms with van der Waals surface area (Å²) in [6.07, 6.45) is 0.663. The highest BCUT2D eigenvalue weighted by Crippen LogP contribution is 2.43.